The molecule has 0 spiro atoms. The van der Waals surface area contributed by atoms with E-state index in [4.69, 9.17) is 4.74 Å². The van der Waals surface area contributed by atoms with Gasteiger partial charge in [0.25, 0.3) is 11.8 Å². The molecule has 9 heteroatoms. The van der Waals surface area contributed by atoms with Crippen LogP contribution in [0.15, 0.2) is 66.7 Å². The van der Waals surface area contributed by atoms with Crippen molar-refractivity contribution in [2.24, 2.45) is 23.2 Å². The topological polar surface area (TPSA) is 96.0 Å². The Hall–Kier alpha value is -3.85. The number of sulfonamides is 1. The van der Waals surface area contributed by atoms with Crippen LogP contribution in [0.3, 0.4) is 0 Å². The zero-order chi connectivity index (χ0) is 35.3. The molecule has 1 N–H and O–H groups in total. The molecular formula is C41H51N3O5S. The van der Waals surface area contributed by atoms with Gasteiger partial charge < -0.3 is 14.5 Å². The van der Waals surface area contributed by atoms with Gasteiger partial charge in [-0.2, -0.15) is 0 Å². The molecule has 5 fully saturated rings. The van der Waals surface area contributed by atoms with Gasteiger partial charge in [0.1, 0.15) is 5.75 Å². The van der Waals surface area contributed by atoms with Gasteiger partial charge in [-0.05, 0) is 139 Å². The average Bonchev–Trinajstić information content (AvgIpc) is 3.06. The van der Waals surface area contributed by atoms with E-state index in [1.165, 1.54) is 19.3 Å². The van der Waals surface area contributed by atoms with Crippen LogP contribution in [-0.4, -0.2) is 63.7 Å². The van der Waals surface area contributed by atoms with Gasteiger partial charge in [0.15, 0.2) is 0 Å². The standard InChI is InChI=1S/C41H51N3O5S/c1-5-49-37-8-6-7-32(23-37)33-20-34(22-35(21-33)40(2,3)4)39(46)44-15-13-43(14-16-44)36-11-9-31(10-12-36)38(45)42-50(47,48)27-41-24-28-17-29(25-41)19-30(18-28)26-41/h6-12,20-23,28-30H,5,13-19,24-27H2,1-4H3,(H,42,45). The van der Waals surface area contributed by atoms with Crippen molar-refractivity contribution in [3.63, 3.8) is 0 Å². The number of nitrogens with one attached hydrogen (secondary N) is 1. The summed E-state index contributed by atoms with van der Waals surface area (Å²) in [6.45, 7) is 11.5. The third-order valence-corrected chi connectivity index (χ3v) is 13.0. The summed E-state index contributed by atoms with van der Waals surface area (Å²) in [6.07, 6.45) is 6.70. The number of anilines is 1. The Morgan fingerprint density at radius 3 is 2.06 bits per heavy atom. The van der Waals surface area contributed by atoms with Crippen molar-refractivity contribution in [3.05, 3.63) is 83.4 Å². The SMILES string of the molecule is CCOc1cccc(-c2cc(C(=O)N3CCN(c4ccc(C(=O)NS(=O)(=O)CC56CC7CC(CC(C7)C5)C6)cc4)CC3)cc(C(C)(C)C)c2)c1. The molecule has 0 radical (unpaired) electrons. The largest absolute Gasteiger partial charge is 0.494 e. The number of nitrogens with zero attached hydrogens (tertiary/aromatic N) is 2. The van der Waals surface area contributed by atoms with Gasteiger partial charge in [-0.3, -0.25) is 9.59 Å². The fourth-order valence-electron chi connectivity index (χ4n) is 9.56. The third-order valence-electron chi connectivity index (χ3n) is 11.5. The molecule has 4 bridgehead atoms. The molecular weight excluding hydrogens is 647 g/mol. The van der Waals surface area contributed by atoms with E-state index in [1.807, 2.05) is 54.3 Å². The lowest BCUT2D eigenvalue weighted by molar-refractivity contribution is -0.0391. The maximum Gasteiger partial charge on any atom is 0.264 e. The molecule has 1 saturated heterocycles. The van der Waals surface area contributed by atoms with Crippen molar-refractivity contribution < 1.29 is 22.7 Å². The van der Waals surface area contributed by atoms with Crippen molar-refractivity contribution in [1.29, 1.82) is 0 Å². The second-order valence-corrected chi connectivity index (χ2v) is 18.2. The Labute approximate surface area is 297 Å². The Morgan fingerprint density at radius 2 is 1.46 bits per heavy atom. The lowest BCUT2D eigenvalue weighted by atomic mass is 9.50. The predicted molar refractivity (Wildman–Crippen MR) is 198 cm³/mol. The zero-order valence-electron chi connectivity index (χ0n) is 29.9. The van der Waals surface area contributed by atoms with Gasteiger partial charge in [0.2, 0.25) is 10.0 Å². The first-order valence-electron chi connectivity index (χ1n) is 18.4. The van der Waals surface area contributed by atoms with Crippen LogP contribution >= 0.6 is 0 Å². The molecule has 0 atom stereocenters. The van der Waals surface area contributed by atoms with E-state index in [0.29, 0.717) is 61.7 Å². The van der Waals surface area contributed by atoms with Crippen LogP contribution in [0.4, 0.5) is 5.69 Å². The van der Waals surface area contributed by atoms with Gasteiger partial charge in [0.05, 0.1) is 12.4 Å². The first-order chi connectivity index (χ1) is 23.8. The third kappa shape index (κ3) is 7.43. The smallest absolute Gasteiger partial charge is 0.264 e. The number of amides is 2. The molecule has 3 aromatic carbocycles. The lowest BCUT2D eigenvalue weighted by Gasteiger charge is -2.56. The summed E-state index contributed by atoms with van der Waals surface area (Å²) in [5.74, 6) is 2.27. The van der Waals surface area contributed by atoms with E-state index in [2.05, 4.69) is 42.5 Å². The number of carbonyl (C=O) groups excluding carboxylic acids is 2. The highest BCUT2D eigenvalue weighted by Crippen LogP contribution is 2.60. The molecule has 1 heterocycles. The van der Waals surface area contributed by atoms with Crippen LogP contribution in [0.1, 0.15) is 92.5 Å². The fraction of sp³-hybridized carbons (Fsp3) is 0.512. The molecule has 266 valence electrons. The first-order valence-corrected chi connectivity index (χ1v) is 20.0. The summed E-state index contributed by atoms with van der Waals surface area (Å²) in [7, 11) is -3.75. The van der Waals surface area contributed by atoms with E-state index in [9.17, 15) is 18.0 Å². The summed E-state index contributed by atoms with van der Waals surface area (Å²) in [4.78, 5) is 31.1. The van der Waals surface area contributed by atoms with Crippen LogP contribution in [-0.2, 0) is 15.4 Å². The highest BCUT2D eigenvalue weighted by molar-refractivity contribution is 7.90. The second kappa shape index (κ2) is 13.4. The van der Waals surface area contributed by atoms with Gasteiger partial charge in [-0.15, -0.1) is 0 Å². The summed E-state index contributed by atoms with van der Waals surface area (Å²) in [5.41, 5.74) is 4.75. The van der Waals surface area contributed by atoms with Crippen LogP contribution in [0.2, 0.25) is 0 Å². The highest BCUT2D eigenvalue weighted by Gasteiger charge is 2.52. The van der Waals surface area contributed by atoms with Gasteiger partial charge in [-0.25, -0.2) is 13.1 Å². The van der Waals surface area contributed by atoms with Crippen molar-refractivity contribution in [2.45, 2.75) is 71.6 Å². The minimum Gasteiger partial charge on any atom is -0.494 e. The molecule has 4 saturated carbocycles. The van der Waals surface area contributed by atoms with Gasteiger partial charge in [0, 0.05) is 43.0 Å². The van der Waals surface area contributed by atoms with E-state index in [1.54, 1.807) is 12.1 Å². The molecule has 1 aliphatic heterocycles. The van der Waals surface area contributed by atoms with E-state index < -0.39 is 15.9 Å². The van der Waals surface area contributed by atoms with Crippen molar-refractivity contribution in [1.82, 2.24) is 9.62 Å². The van der Waals surface area contributed by atoms with Gasteiger partial charge in [-0.1, -0.05) is 39.0 Å². The molecule has 8 rings (SSSR count). The summed E-state index contributed by atoms with van der Waals surface area (Å²) >= 11 is 0. The van der Waals surface area contributed by atoms with Crippen LogP contribution in [0.25, 0.3) is 11.1 Å². The predicted octanol–water partition coefficient (Wildman–Crippen LogP) is 7.29. The number of carbonyl (C=O) groups is 2. The van der Waals surface area contributed by atoms with E-state index in [-0.39, 0.29) is 22.5 Å². The first kappa shape index (κ1) is 34.6. The molecule has 0 aromatic heterocycles. The number of hydrogen-bond donors (Lipinski definition) is 1. The van der Waals surface area contributed by atoms with Crippen LogP contribution in [0, 0.1) is 23.2 Å². The number of piperazine rings is 1. The molecule has 5 aliphatic rings. The number of benzene rings is 3. The summed E-state index contributed by atoms with van der Waals surface area (Å²) < 4.78 is 34.6. The summed E-state index contributed by atoms with van der Waals surface area (Å²) in [5, 5.41) is 0. The molecule has 0 unspecified atom stereocenters. The Morgan fingerprint density at radius 1 is 0.820 bits per heavy atom. The monoisotopic (exact) mass is 697 g/mol. The van der Waals surface area contributed by atoms with E-state index in [0.717, 1.165) is 47.4 Å². The zero-order valence-corrected chi connectivity index (χ0v) is 30.7. The van der Waals surface area contributed by atoms with Crippen LogP contribution < -0.4 is 14.4 Å². The molecule has 4 aliphatic carbocycles. The van der Waals surface area contributed by atoms with Crippen molar-refractivity contribution in [3.8, 4) is 16.9 Å². The fourth-order valence-corrected chi connectivity index (χ4v) is 11.2. The average molecular weight is 698 g/mol. The van der Waals surface area contributed by atoms with Crippen molar-refractivity contribution in [2.75, 3.05) is 43.4 Å². The van der Waals surface area contributed by atoms with Gasteiger partial charge >= 0.3 is 0 Å². The van der Waals surface area contributed by atoms with Crippen LogP contribution in [0.5, 0.6) is 5.75 Å². The number of hydrogen-bond acceptors (Lipinski definition) is 6. The van der Waals surface area contributed by atoms with E-state index >= 15 is 0 Å². The summed E-state index contributed by atoms with van der Waals surface area (Å²) in [6, 6.07) is 21.3. The Bertz CT molecular complexity index is 1820. The number of ether oxygens (including phenoxy) is 1. The second-order valence-electron chi connectivity index (χ2n) is 16.4. The maximum absolute atomic E-state index is 13.9. The Balaban J connectivity index is 0.977. The van der Waals surface area contributed by atoms with Crippen molar-refractivity contribution >= 4 is 27.5 Å². The molecule has 2 amide bonds. The quantitative estimate of drug-likeness (QED) is 0.253. The maximum atomic E-state index is 13.9. The minimum atomic E-state index is -3.75. The normalized spacial score (nSPS) is 24.7. The number of rotatable bonds is 9. The molecule has 50 heavy (non-hydrogen) atoms. The molecule has 3 aromatic rings. The minimum absolute atomic E-state index is 0.0136. The lowest BCUT2D eigenvalue weighted by Crippen LogP contribution is -2.51. The Kier molecular flexibility index (Phi) is 9.25. The highest BCUT2D eigenvalue weighted by atomic mass is 32.2. The molecule has 8 nitrogen and oxygen atoms in total.